The van der Waals surface area contributed by atoms with Gasteiger partial charge >= 0.3 is 0 Å². The number of aromatic nitrogens is 3. The van der Waals surface area contributed by atoms with Gasteiger partial charge in [-0.15, -0.1) is 0 Å². The van der Waals surface area contributed by atoms with Crippen LogP contribution in [0.1, 0.15) is 52.4 Å². The molecule has 0 spiro atoms. The van der Waals surface area contributed by atoms with Crippen molar-refractivity contribution in [1.29, 1.82) is 0 Å². The average Bonchev–Trinajstić information content (AvgIpc) is 2.91. The maximum atomic E-state index is 4.44. The van der Waals surface area contributed by atoms with E-state index < -0.39 is 0 Å². The fraction of sp³-hybridized carbons (Fsp3) is 0.857. The van der Waals surface area contributed by atoms with Crippen LogP contribution in [0.4, 0.5) is 0 Å². The standard InChI is InChI=1S/C14H26N4/c1-5-15-13-7-6-12(11(13)4)8-14-16-9-17-18(14)10(2)3/h9-13,15H,5-8H2,1-4H3. The molecule has 3 atom stereocenters. The van der Waals surface area contributed by atoms with Gasteiger partial charge in [-0.2, -0.15) is 5.10 Å². The van der Waals surface area contributed by atoms with Crippen molar-refractivity contribution in [1.82, 2.24) is 20.1 Å². The summed E-state index contributed by atoms with van der Waals surface area (Å²) in [5.41, 5.74) is 0. The number of hydrogen-bond donors (Lipinski definition) is 1. The Labute approximate surface area is 110 Å². The quantitative estimate of drug-likeness (QED) is 0.872. The lowest BCUT2D eigenvalue weighted by Crippen LogP contribution is -2.33. The van der Waals surface area contributed by atoms with Crippen LogP contribution in [0.25, 0.3) is 0 Å². The fourth-order valence-electron chi connectivity index (χ4n) is 3.17. The van der Waals surface area contributed by atoms with Gasteiger partial charge in [0.1, 0.15) is 12.2 Å². The molecule has 18 heavy (non-hydrogen) atoms. The molecule has 1 fully saturated rings. The second-order valence-electron chi connectivity index (χ2n) is 5.78. The van der Waals surface area contributed by atoms with Gasteiger partial charge in [-0.05, 0) is 45.1 Å². The van der Waals surface area contributed by atoms with E-state index in [-0.39, 0.29) is 0 Å². The molecule has 102 valence electrons. The number of nitrogens with one attached hydrogen (secondary N) is 1. The Morgan fingerprint density at radius 2 is 2.22 bits per heavy atom. The zero-order valence-electron chi connectivity index (χ0n) is 12.1. The second-order valence-corrected chi connectivity index (χ2v) is 5.78. The number of hydrogen-bond acceptors (Lipinski definition) is 3. The van der Waals surface area contributed by atoms with Gasteiger partial charge in [-0.25, -0.2) is 9.67 Å². The maximum Gasteiger partial charge on any atom is 0.138 e. The predicted octanol–water partition coefficient (Wildman–Crippen LogP) is 2.43. The van der Waals surface area contributed by atoms with Crippen LogP contribution in [0.5, 0.6) is 0 Å². The fourth-order valence-corrected chi connectivity index (χ4v) is 3.17. The Bertz CT molecular complexity index is 372. The van der Waals surface area contributed by atoms with E-state index in [0.717, 1.165) is 30.6 Å². The zero-order chi connectivity index (χ0) is 13.1. The molecule has 4 nitrogen and oxygen atoms in total. The molecule has 0 bridgehead atoms. The predicted molar refractivity (Wildman–Crippen MR) is 73.5 cm³/mol. The van der Waals surface area contributed by atoms with E-state index in [1.807, 2.05) is 0 Å². The van der Waals surface area contributed by atoms with Crippen molar-refractivity contribution < 1.29 is 0 Å². The Morgan fingerprint density at radius 3 is 2.89 bits per heavy atom. The molecular weight excluding hydrogens is 224 g/mol. The lowest BCUT2D eigenvalue weighted by atomic mass is 9.92. The zero-order valence-corrected chi connectivity index (χ0v) is 12.1. The molecule has 1 heterocycles. The first-order valence-corrected chi connectivity index (χ1v) is 7.25. The molecule has 0 saturated heterocycles. The molecule has 3 unspecified atom stereocenters. The minimum absolute atomic E-state index is 0.406. The Balaban J connectivity index is 2.00. The Hall–Kier alpha value is -0.900. The molecule has 1 aromatic heterocycles. The Morgan fingerprint density at radius 1 is 1.44 bits per heavy atom. The van der Waals surface area contributed by atoms with Gasteiger partial charge in [0.05, 0.1) is 0 Å². The van der Waals surface area contributed by atoms with Crippen molar-refractivity contribution in [3.63, 3.8) is 0 Å². The highest BCUT2D eigenvalue weighted by Crippen LogP contribution is 2.34. The van der Waals surface area contributed by atoms with Crippen LogP contribution >= 0.6 is 0 Å². The van der Waals surface area contributed by atoms with Gasteiger partial charge in [0, 0.05) is 18.5 Å². The number of rotatable bonds is 5. The van der Waals surface area contributed by atoms with Gasteiger partial charge in [-0.3, -0.25) is 0 Å². The van der Waals surface area contributed by atoms with Crippen molar-refractivity contribution in [3.05, 3.63) is 12.2 Å². The van der Waals surface area contributed by atoms with Crippen LogP contribution in [0.2, 0.25) is 0 Å². The second kappa shape index (κ2) is 5.83. The summed E-state index contributed by atoms with van der Waals surface area (Å²) in [7, 11) is 0. The van der Waals surface area contributed by atoms with Crippen LogP contribution in [-0.2, 0) is 6.42 Å². The molecule has 1 saturated carbocycles. The highest BCUT2D eigenvalue weighted by atomic mass is 15.3. The Kier molecular flexibility index (Phi) is 4.38. The first kappa shape index (κ1) is 13.5. The maximum absolute atomic E-state index is 4.44. The minimum atomic E-state index is 0.406. The molecule has 0 radical (unpaired) electrons. The molecule has 1 N–H and O–H groups in total. The van der Waals surface area contributed by atoms with E-state index in [4.69, 9.17) is 0 Å². The molecule has 1 aliphatic rings. The average molecular weight is 250 g/mol. The summed E-state index contributed by atoms with van der Waals surface area (Å²) in [6.45, 7) is 9.97. The monoisotopic (exact) mass is 250 g/mol. The van der Waals surface area contributed by atoms with E-state index in [1.54, 1.807) is 6.33 Å². The molecular formula is C14H26N4. The van der Waals surface area contributed by atoms with Crippen LogP contribution in [-0.4, -0.2) is 27.4 Å². The topological polar surface area (TPSA) is 42.7 Å². The smallest absolute Gasteiger partial charge is 0.138 e. The van der Waals surface area contributed by atoms with E-state index in [9.17, 15) is 0 Å². The minimum Gasteiger partial charge on any atom is -0.314 e. The molecule has 2 rings (SSSR count). The first-order valence-electron chi connectivity index (χ1n) is 7.25. The van der Waals surface area contributed by atoms with E-state index >= 15 is 0 Å². The van der Waals surface area contributed by atoms with Crippen molar-refractivity contribution >= 4 is 0 Å². The van der Waals surface area contributed by atoms with E-state index in [2.05, 4.69) is 47.8 Å². The van der Waals surface area contributed by atoms with Crippen molar-refractivity contribution in [3.8, 4) is 0 Å². The molecule has 4 heteroatoms. The van der Waals surface area contributed by atoms with Crippen LogP contribution in [0.3, 0.4) is 0 Å². The lowest BCUT2D eigenvalue weighted by molar-refractivity contribution is 0.343. The SMILES string of the molecule is CCNC1CCC(Cc2ncnn2C(C)C)C1C. The van der Waals surface area contributed by atoms with Crippen molar-refractivity contribution in [2.45, 2.75) is 59.0 Å². The summed E-state index contributed by atoms with van der Waals surface area (Å²) in [5.74, 6) is 2.64. The van der Waals surface area contributed by atoms with Gasteiger partial charge in [0.25, 0.3) is 0 Å². The lowest BCUT2D eigenvalue weighted by Gasteiger charge is -2.21. The largest absolute Gasteiger partial charge is 0.314 e. The summed E-state index contributed by atoms with van der Waals surface area (Å²) >= 11 is 0. The van der Waals surface area contributed by atoms with Gasteiger partial charge in [-0.1, -0.05) is 13.8 Å². The third kappa shape index (κ3) is 2.74. The van der Waals surface area contributed by atoms with Crippen LogP contribution in [0.15, 0.2) is 6.33 Å². The van der Waals surface area contributed by atoms with Gasteiger partial charge in [0.15, 0.2) is 0 Å². The summed E-state index contributed by atoms with van der Waals surface area (Å²) in [6.07, 6.45) is 5.37. The summed E-state index contributed by atoms with van der Waals surface area (Å²) < 4.78 is 2.06. The third-order valence-electron chi connectivity index (χ3n) is 4.27. The normalized spacial score (nSPS) is 28.2. The number of nitrogens with zero attached hydrogens (tertiary/aromatic N) is 3. The van der Waals surface area contributed by atoms with Crippen LogP contribution < -0.4 is 5.32 Å². The third-order valence-corrected chi connectivity index (χ3v) is 4.27. The molecule has 1 aliphatic carbocycles. The van der Waals surface area contributed by atoms with Crippen molar-refractivity contribution in [2.75, 3.05) is 6.54 Å². The highest BCUT2D eigenvalue weighted by molar-refractivity contribution is 4.95. The molecule has 0 aromatic carbocycles. The van der Waals surface area contributed by atoms with Gasteiger partial charge < -0.3 is 5.32 Å². The van der Waals surface area contributed by atoms with Crippen molar-refractivity contribution in [2.24, 2.45) is 11.8 Å². The summed E-state index contributed by atoms with van der Waals surface area (Å²) in [4.78, 5) is 4.44. The molecule has 0 amide bonds. The first-order chi connectivity index (χ1) is 8.63. The molecule has 0 aliphatic heterocycles. The summed E-state index contributed by atoms with van der Waals surface area (Å²) in [6, 6.07) is 1.10. The van der Waals surface area contributed by atoms with E-state index in [0.29, 0.717) is 12.1 Å². The summed E-state index contributed by atoms with van der Waals surface area (Å²) in [5, 5.41) is 7.93. The van der Waals surface area contributed by atoms with Crippen LogP contribution in [0, 0.1) is 11.8 Å². The highest BCUT2D eigenvalue weighted by Gasteiger charge is 2.33. The van der Waals surface area contributed by atoms with Gasteiger partial charge in [0.2, 0.25) is 0 Å². The van der Waals surface area contributed by atoms with E-state index in [1.165, 1.54) is 12.8 Å². The molecule has 1 aromatic rings.